The van der Waals surface area contributed by atoms with Crippen LogP contribution in [-0.2, 0) is 100 Å². The maximum absolute atomic E-state index is 11.8. The summed E-state index contributed by atoms with van der Waals surface area (Å²) >= 11 is 0. The molecule has 7 N–H and O–H groups in total. The zero-order valence-corrected chi connectivity index (χ0v) is 60.9. The Morgan fingerprint density at radius 1 is 0.745 bits per heavy atom. The first-order valence-electron chi connectivity index (χ1n) is 28.9. The van der Waals surface area contributed by atoms with Gasteiger partial charge in [-0.1, -0.05) is 51.8 Å². The maximum atomic E-state index is 11.8. The van der Waals surface area contributed by atoms with Crippen molar-refractivity contribution in [2.75, 3.05) is 120 Å². The van der Waals surface area contributed by atoms with Crippen LogP contribution in [0.5, 0.6) is 0 Å². The smallest absolute Gasteiger partial charge is 1.00 e. The molecule has 3 aliphatic rings. The Labute approximate surface area is 583 Å². The fourth-order valence-electron chi connectivity index (χ4n) is 6.51. The average molecular weight is 1400 g/mol. The molecule has 3 aliphatic heterocycles. The first-order chi connectivity index (χ1) is 42.1. The van der Waals surface area contributed by atoms with Crippen molar-refractivity contribution >= 4 is 80.2 Å². The summed E-state index contributed by atoms with van der Waals surface area (Å²) in [5.74, 6) is -3.24. The van der Waals surface area contributed by atoms with Crippen molar-refractivity contribution in [2.24, 2.45) is 33.0 Å². The molecule has 0 aromatic heterocycles. The quantitative estimate of drug-likeness (QED) is 0.00796. The number of aliphatic hydroxyl groups excluding tert-OH is 4. The number of carbonyl (C=O) groups excluding carboxylic acids is 8. The third kappa shape index (κ3) is 46.5. The largest absolute Gasteiger partial charge is 1.00 e. The molecule has 3 fully saturated rings. The van der Waals surface area contributed by atoms with Crippen molar-refractivity contribution in [3.8, 4) is 12.3 Å². The van der Waals surface area contributed by atoms with Gasteiger partial charge in [-0.15, -0.1) is 6.42 Å². The number of hydrogen-bond donors (Lipinski definition) is 5. The zero-order valence-electron chi connectivity index (χ0n) is 58.2. The molecule has 3 heterocycles. The normalized spacial score (nSPS) is 17.0. The third-order valence-electron chi connectivity index (χ3n) is 12.6. The van der Waals surface area contributed by atoms with E-state index in [9.17, 15) is 46.8 Å². The van der Waals surface area contributed by atoms with E-state index in [4.69, 9.17) is 83.9 Å². The number of Topliss-reactive ketones (excluding diaryl/α,β-unsaturated/α-hetero) is 1. The fraction of sp³-hybridized carbons (Fsp3) is 0.721. The number of aldehydes is 1. The number of rotatable bonds is 25. The molecule has 29 nitrogen and oxygen atoms in total. The Morgan fingerprint density at radius 2 is 1.17 bits per heavy atom. The topological polar surface area (TPSA) is 441 Å². The number of aliphatic hydroxyl groups is 4. The van der Waals surface area contributed by atoms with Crippen molar-refractivity contribution in [1.29, 1.82) is 0 Å². The Morgan fingerprint density at radius 3 is 1.43 bits per heavy atom. The molecule has 3 radical (unpaired) electrons. The Bertz CT molecular complexity index is 2430. The second kappa shape index (κ2) is 58.5. The summed E-state index contributed by atoms with van der Waals surface area (Å²) in [4.78, 5) is 92.8. The Kier molecular flexibility index (Phi) is 65.5. The van der Waals surface area contributed by atoms with Crippen LogP contribution >= 0.6 is 8.38 Å². The molecule has 0 bridgehead atoms. The van der Waals surface area contributed by atoms with Gasteiger partial charge in [-0.2, -0.15) is 13.2 Å². The molecule has 3 atom stereocenters. The molecule has 1 aromatic carbocycles. The summed E-state index contributed by atoms with van der Waals surface area (Å²) in [5, 5.41) is 34.5. The average Bonchev–Trinajstić information content (AvgIpc) is 1.73. The maximum Gasteiger partial charge on any atom is 1.00 e. The van der Waals surface area contributed by atoms with Crippen LogP contribution < -0.4 is 29.6 Å². The predicted octanol–water partition coefficient (Wildman–Crippen LogP) is 1.77. The molecule has 0 aliphatic carbocycles. The number of ether oxygens (including phenoxy) is 9. The van der Waals surface area contributed by atoms with Crippen LogP contribution in [0, 0.1) is 52.3 Å². The van der Waals surface area contributed by atoms with Gasteiger partial charge in [0.25, 0.3) is 18.5 Å². The number of carbonyl (C=O) groups is 8. The molecule has 539 valence electrons. The minimum absolute atomic E-state index is 0. The number of nitrogens with zero attached hydrogens (tertiary/aromatic N) is 2. The van der Waals surface area contributed by atoms with Crippen molar-refractivity contribution < 1.29 is 165 Å². The Balaban J connectivity index is -0.000000128. The van der Waals surface area contributed by atoms with Gasteiger partial charge in [0.2, 0.25) is 5.78 Å². The van der Waals surface area contributed by atoms with Gasteiger partial charge in [0.1, 0.15) is 6.29 Å². The first kappa shape index (κ1) is 105. The van der Waals surface area contributed by atoms with E-state index < -0.39 is 77.5 Å². The molecule has 33 heteroatoms. The van der Waals surface area contributed by atoms with Crippen LogP contribution in [0.1, 0.15) is 136 Å². The molecule has 94 heavy (non-hydrogen) atoms. The standard InChI is InChI=1S/C12H20O6.C11H18O6.C7H8O3S.C7H10O.C6H14O3.C6H12O2.C6H10O2.C5H9N2O3P.CH4.B.Na.H2O.H/c1-5-16-9(13)8-12(4,10(14)17-6-2)11(15)18-7-3;1-4-15-9(12)7-8(10(13)16-5-2)11(14)17-6-3;1-6-2-4-7(5-3-6)11(8,9)10;1-3-7(2)4-5-8-6-7;1-6(4-8,5-9)2-3-7;2*1-6(4-7)2-3-8-5-6;1-4(8)5(7-6)11(9-2)10-3;;;;;/h5-8H2,1-4H3;8H,4-7H2,1-3H3;2-5H,1H3,(H,8,9,10);1H,4-6H2,2H3;7-9H,2-5H2,1H3;7H,2-5H2,1H3;4H,2-3,5H2,1H3;1-3H3;1H4;;;1H2;/q;;;;;;;;;;+1;;-1. The number of hydrogen-bond acceptors (Lipinski definition) is 25. The van der Waals surface area contributed by atoms with Crippen molar-refractivity contribution in [3.63, 3.8) is 0 Å². The molecular weight excluding hydrogens is 1290 g/mol. The molecule has 0 spiro atoms. The second-order valence-electron chi connectivity index (χ2n) is 21.2. The molecule has 3 unspecified atom stereocenters. The van der Waals surface area contributed by atoms with Gasteiger partial charge in [-0.05, 0) is 100 Å². The minimum atomic E-state index is -4.02. The monoisotopic (exact) mass is 1400 g/mol. The van der Waals surface area contributed by atoms with E-state index in [0.717, 1.165) is 64.1 Å². The predicted molar refractivity (Wildman–Crippen MR) is 346 cm³/mol. The molecular formula is C61H108BN2NaO27PS. The van der Waals surface area contributed by atoms with Crippen LogP contribution in [0.2, 0.25) is 0 Å². The van der Waals surface area contributed by atoms with Gasteiger partial charge >= 0.3 is 70.8 Å². The van der Waals surface area contributed by atoms with Gasteiger partial charge < -0.3 is 89.3 Å². The van der Waals surface area contributed by atoms with Gasteiger partial charge in [-0.3, -0.25) is 38.1 Å². The minimum Gasteiger partial charge on any atom is -1.00 e. The van der Waals surface area contributed by atoms with Crippen LogP contribution in [0.25, 0.3) is 5.53 Å². The van der Waals surface area contributed by atoms with E-state index in [1.165, 1.54) is 40.2 Å². The fourth-order valence-corrected chi connectivity index (χ4v) is 7.81. The van der Waals surface area contributed by atoms with E-state index in [-0.39, 0.29) is 157 Å². The van der Waals surface area contributed by atoms with Crippen LogP contribution in [0.4, 0.5) is 0 Å². The molecule has 0 amide bonds. The second-order valence-corrected chi connectivity index (χ2v) is 24.3. The summed E-state index contributed by atoms with van der Waals surface area (Å²) in [6.07, 6.45) is 8.83. The Hall–Kier alpha value is -4.68. The van der Waals surface area contributed by atoms with E-state index in [1.54, 1.807) is 60.6 Å². The van der Waals surface area contributed by atoms with Crippen molar-refractivity contribution in [3.05, 3.63) is 35.4 Å². The summed E-state index contributed by atoms with van der Waals surface area (Å²) in [5.41, 5.74) is 7.01. The molecule has 3 saturated heterocycles. The van der Waals surface area contributed by atoms with Crippen molar-refractivity contribution in [2.45, 2.75) is 141 Å². The van der Waals surface area contributed by atoms with Gasteiger partial charge in [0, 0.05) is 72.2 Å². The number of ketones is 1. The van der Waals surface area contributed by atoms with Crippen LogP contribution in [-0.4, -0.2) is 225 Å². The summed E-state index contributed by atoms with van der Waals surface area (Å²) in [7, 11) is -2.77. The SMILES string of the molecule is C.C#CC1(C)CCOC1.CC(CO)(CO)CCO.CC1(C=O)CCOC1.CC1(CO)CCOC1.CCOC(=O)CC(C(=O)OCC)C(=O)OCC.CCOC(=O)CC(C)(C(=O)OCC)C(=O)OCC.COP(OC)C(=[N+]=[N-])C(C)=O.Cc1ccc(S(=O)(=O)O)cc1.O.[B].[H-].[Na+]. The van der Waals surface area contributed by atoms with Crippen molar-refractivity contribution in [1.82, 2.24) is 0 Å². The van der Waals surface area contributed by atoms with Crippen LogP contribution in [0.3, 0.4) is 0 Å². The first-order valence-corrected chi connectivity index (χ1v) is 31.5. The number of aryl methyl sites for hydroxylation is 1. The molecule has 1 aromatic rings. The summed E-state index contributed by atoms with van der Waals surface area (Å²) in [6, 6.07) is 5.99. The van der Waals surface area contributed by atoms with Gasteiger partial charge in [-0.25, -0.2) is 0 Å². The third-order valence-corrected chi connectivity index (χ3v) is 14.8. The van der Waals surface area contributed by atoms with Crippen LogP contribution in [0.15, 0.2) is 29.2 Å². The van der Waals surface area contributed by atoms with E-state index in [0.29, 0.717) is 13.0 Å². The summed E-state index contributed by atoms with van der Waals surface area (Å²) in [6.45, 7) is 27.4. The number of terminal acetylenes is 1. The van der Waals surface area contributed by atoms with E-state index in [2.05, 4.69) is 22.4 Å². The number of esters is 6. The van der Waals surface area contributed by atoms with Gasteiger partial charge in [0.05, 0.1) is 102 Å². The van der Waals surface area contributed by atoms with E-state index in [1.807, 2.05) is 20.8 Å². The van der Waals surface area contributed by atoms with E-state index >= 15 is 0 Å². The molecule has 4 rings (SSSR count). The zero-order chi connectivity index (χ0) is 70.2. The summed E-state index contributed by atoms with van der Waals surface area (Å²) < 4.78 is 82.7. The molecule has 0 saturated carbocycles. The van der Waals surface area contributed by atoms with Gasteiger partial charge in [0.15, 0.2) is 11.3 Å². The number of benzene rings is 1.